The second kappa shape index (κ2) is 11.8. The van der Waals surface area contributed by atoms with Gasteiger partial charge in [0.1, 0.15) is 12.8 Å². The number of amides is 1. The van der Waals surface area contributed by atoms with Crippen LogP contribution in [-0.4, -0.2) is 55.8 Å². The Morgan fingerprint density at radius 1 is 0.907 bits per heavy atom. The number of rotatable bonds is 7. The van der Waals surface area contributed by atoms with Gasteiger partial charge in [-0.05, 0) is 59.5 Å². The molecule has 220 valence electrons. The van der Waals surface area contributed by atoms with Crippen LogP contribution in [0.3, 0.4) is 0 Å². The number of likely N-dealkylation sites (tertiary alicyclic amines) is 1. The molecule has 1 aliphatic heterocycles. The third-order valence-electron chi connectivity index (χ3n) is 8.13. The van der Waals surface area contributed by atoms with Gasteiger partial charge in [0, 0.05) is 44.5 Å². The molecule has 1 aromatic heterocycles. The number of aromatic nitrogens is 1. The zero-order chi connectivity index (χ0) is 30.1. The maximum Gasteiger partial charge on any atom is 0.263 e. The number of fused-ring (bicyclic) bond motifs is 2. The minimum atomic E-state index is -0.915. The molecule has 6 rings (SSSR count). The quantitative estimate of drug-likeness (QED) is 0.224. The molecule has 4 aromatic carbocycles. The van der Waals surface area contributed by atoms with E-state index in [1.165, 1.54) is 11.7 Å². The van der Waals surface area contributed by atoms with Crippen LogP contribution in [-0.2, 0) is 6.61 Å². The zero-order valence-corrected chi connectivity index (χ0v) is 24.5. The summed E-state index contributed by atoms with van der Waals surface area (Å²) in [6, 6.07) is 25.1. The molecule has 1 aliphatic rings. The Labute approximate surface area is 249 Å². The van der Waals surface area contributed by atoms with Crippen LogP contribution in [0, 0.1) is 0 Å². The summed E-state index contributed by atoms with van der Waals surface area (Å²) >= 11 is 0. The maximum atomic E-state index is 14.0. The third kappa shape index (κ3) is 5.52. The highest BCUT2D eigenvalue weighted by Crippen LogP contribution is 2.35. The summed E-state index contributed by atoms with van der Waals surface area (Å²) in [6.07, 6.45) is 1.27. The number of piperidine rings is 1. The predicted molar refractivity (Wildman–Crippen MR) is 169 cm³/mol. The smallest absolute Gasteiger partial charge is 0.263 e. The molecule has 0 N–H and O–H groups in total. The van der Waals surface area contributed by atoms with Gasteiger partial charge in [0.05, 0.1) is 23.7 Å². The molecule has 1 fully saturated rings. The largest absolute Gasteiger partial charge is 0.493 e. The van der Waals surface area contributed by atoms with Gasteiger partial charge in [0.2, 0.25) is 0 Å². The number of halogens is 1. The van der Waals surface area contributed by atoms with Crippen molar-refractivity contribution in [1.82, 2.24) is 9.47 Å². The van der Waals surface area contributed by atoms with E-state index < -0.39 is 6.17 Å². The molecule has 5 aromatic rings. The summed E-state index contributed by atoms with van der Waals surface area (Å²) < 4.78 is 27.5. The molecule has 7 nitrogen and oxygen atoms in total. The second-order valence-electron chi connectivity index (χ2n) is 11.1. The van der Waals surface area contributed by atoms with Crippen molar-refractivity contribution in [2.75, 3.05) is 39.2 Å². The molecule has 2 heterocycles. The van der Waals surface area contributed by atoms with Crippen molar-refractivity contribution in [1.29, 1.82) is 0 Å². The lowest BCUT2D eigenvalue weighted by atomic mass is 10.0. The van der Waals surface area contributed by atoms with E-state index in [9.17, 15) is 14.0 Å². The van der Waals surface area contributed by atoms with Gasteiger partial charge >= 0.3 is 0 Å². The van der Waals surface area contributed by atoms with Crippen molar-refractivity contribution in [2.45, 2.75) is 25.6 Å². The molecule has 43 heavy (non-hydrogen) atoms. The first-order valence-corrected chi connectivity index (χ1v) is 14.4. The van der Waals surface area contributed by atoms with Crippen LogP contribution in [0.15, 0.2) is 89.9 Å². The fourth-order valence-corrected chi connectivity index (χ4v) is 5.70. The number of carbonyl (C=O) groups excluding carboxylic acids is 1. The molecule has 0 unspecified atom stereocenters. The minimum Gasteiger partial charge on any atom is -0.493 e. The van der Waals surface area contributed by atoms with Crippen LogP contribution in [0.5, 0.6) is 11.5 Å². The van der Waals surface area contributed by atoms with E-state index in [0.717, 1.165) is 22.0 Å². The van der Waals surface area contributed by atoms with E-state index in [1.54, 1.807) is 23.2 Å². The Balaban J connectivity index is 1.48. The van der Waals surface area contributed by atoms with Gasteiger partial charge in [-0.1, -0.05) is 48.5 Å². The van der Waals surface area contributed by atoms with Crippen molar-refractivity contribution in [3.8, 4) is 17.2 Å². The number of hydrogen-bond donors (Lipinski definition) is 0. The third-order valence-corrected chi connectivity index (χ3v) is 8.13. The average molecular weight is 580 g/mol. The van der Waals surface area contributed by atoms with Crippen LogP contribution in [0.4, 0.5) is 10.1 Å². The lowest BCUT2D eigenvalue weighted by Gasteiger charge is -2.29. The molecule has 0 radical (unpaired) electrons. The molecular formula is C35H34FN3O4. The minimum absolute atomic E-state index is 0.250. The van der Waals surface area contributed by atoms with Gasteiger partial charge in [-0.2, -0.15) is 0 Å². The predicted octanol–water partition coefficient (Wildman–Crippen LogP) is 6.37. The van der Waals surface area contributed by atoms with Crippen LogP contribution in [0.25, 0.3) is 27.2 Å². The van der Waals surface area contributed by atoms with Gasteiger partial charge in [-0.15, -0.1) is 0 Å². The lowest BCUT2D eigenvalue weighted by Crippen LogP contribution is -2.39. The molecule has 8 heteroatoms. The number of alkyl halides is 1. The average Bonchev–Trinajstić information content (AvgIpc) is 3.03. The van der Waals surface area contributed by atoms with E-state index in [2.05, 4.69) is 18.2 Å². The summed E-state index contributed by atoms with van der Waals surface area (Å²) in [7, 11) is 5.38. The van der Waals surface area contributed by atoms with Crippen molar-refractivity contribution >= 4 is 33.1 Å². The number of nitrogens with zero attached hydrogens (tertiary/aromatic N) is 3. The van der Waals surface area contributed by atoms with Crippen molar-refractivity contribution < 1.29 is 18.7 Å². The van der Waals surface area contributed by atoms with Crippen LogP contribution in [0.2, 0.25) is 0 Å². The molecule has 1 amide bonds. The van der Waals surface area contributed by atoms with Gasteiger partial charge in [-0.25, -0.2) is 4.39 Å². The molecular weight excluding hydrogens is 545 g/mol. The van der Waals surface area contributed by atoms with Gasteiger partial charge < -0.3 is 19.3 Å². The molecule has 0 bridgehead atoms. The summed E-state index contributed by atoms with van der Waals surface area (Å²) in [5.74, 6) is 0.562. The van der Waals surface area contributed by atoms with Crippen molar-refractivity contribution in [3.05, 3.63) is 107 Å². The van der Waals surface area contributed by atoms with Crippen LogP contribution >= 0.6 is 0 Å². The Bertz CT molecular complexity index is 1870. The highest BCUT2D eigenvalue weighted by Gasteiger charge is 2.27. The topological polar surface area (TPSA) is 64.0 Å². The fraction of sp³-hybridized carbons (Fsp3) is 0.257. The number of carbonyl (C=O) groups is 1. The Morgan fingerprint density at radius 2 is 1.63 bits per heavy atom. The van der Waals surface area contributed by atoms with Crippen molar-refractivity contribution in [2.24, 2.45) is 0 Å². The molecule has 0 saturated carbocycles. The number of benzene rings is 4. The van der Waals surface area contributed by atoms with Gasteiger partial charge in [0.15, 0.2) is 11.5 Å². The van der Waals surface area contributed by atoms with Gasteiger partial charge in [0.25, 0.3) is 11.5 Å². The number of hydrogen-bond acceptors (Lipinski definition) is 5. The molecule has 0 spiro atoms. The van der Waals surface area contributed by atoms with Gasteiger partial charge in [-0.3, -0.25) is 14.2 Å². The van der Waals surface area contributed by atoms with E-state index >= 15 is 0 Å². The Morgan fingerprint density at radius 3 is 2.40 bits per heavy atom. The summed E-state index contributed by atoms with van der Waals surface area (Å²) in [5.41, 5.74) is 2.60. The number of ether oxygens (including phenoxy) is 2. The first-order valence-electron chi connectivity index (χ1n) is 14.4. The number of methoxy groups -OCH3 is 1. The van der Waals surface area contributed by atoms with Crippen LogP contribution in [0.1, 0.15) is 28.8 Å². The van der Waals surface area contributed by atoms with E-state index in [-0.39, 0.29) is 18.1 Å². The Kier molecular flexibility index (Phi) is 7.76. The monoisotopic (exact) mass is 579 g/mol. The summed E-state index contributed by atoms with van der Waals surface area (Å²) in [6.45, 7) is 0.902. The first-order chi connectivity index (χ1) is 20.8. The Hall–Kier alpha value is -4.85. The maximum absolute atomic E-state index is 14.0. The highest BCUT2D eigenvalue weighted by atomic mass is 19.1. The number of anilines is 1. The SMILES string of the molecule is COc1cc2c(=O)n(-c3cccc(N(C)C)c3)cc(C(=O)N3CCC(F)CC3)c2cc1OCc1cccc2ccccc12. The second-order valence-corrected chi connectivity index (χ2v) is 11.1. The zero-order valence-electron chi connectivity index (χ0n) is 24.5. The normalized spacial score (nSPS) is 13.8. The lowest BCUT2D eigenvalue weighted by molar-refractivity contribution is 0.0668. The first kappa shape index (κ1) is 28.3. The summed E-state index contributed by atoms with van der Waals surface area (Å²) in [5, 5.41) is 2.99. The standard InChI is InChI=1S/C35H34FN3O4/c1-37(2)26-11-7-12-27(18-26)39-21-31(34(40)38-16-14-25(36)15-17-38)29-19-33(32(42-3)20-30(29)35(39)41)43-22-24-10-6-9-23-8-4-5-13-28(23)24/h4-13,18-21,25H,14-17,22H2,1-3H3. The molecule has 0 atom stereocenters. The molecule has 1 saturated heterocycles. The summed E-state index contributed by atoms with van der Waals surface area (Å²) in [4.78, 5) is 31.6. The van der Waals surface area contributed by atoms with E-state index in [4.69, 9.17) is 9.47 Å². The fourth-order valence-electron chi connectivity index (χ4n) is 5.70. The van der Waals surface area contributed by atoms with E-state index in [0.29, 0.717) is 59.5 Å². The van der Waals surface area contributed by atoms with E-state index in [1.807, 2.05) is 67.5 Å². The molecule has 0 aliphatic carbocycles. The number of pyridine rings is 1. The van der Waals surface area contributed by atoms with Crippen molar-refractivity contribution in [3.63, 3.8) is 0 Å². The highest BCUT2D eigenvalue weighted by molar-refractivity contribution is 6.07. The van der Waals surface area contributed by atoms with Crippen LogP contribution < -0.4 is 19.9 Å².